The van der Waals surface area contributed by atoms with Crippen LogP contribution in [0.2, 0.25) is 0 Å². The maximum absolute atomic E-state index is 13.4. The molecule has 3 nitrogen and oxygen atoms in total. The van der Waals surface area contributed by atoms with Crippen LogP contribution in [0, 0.1) is 11.8 Å². The van der Waals surface area contributed by atoms with Gasteiger partial charge in [-0.15, -0.1) is 0 Å². The molecule has 0 aliphatic carbocycles. The molecule has 0 amide bonds. The fraction of sp³-hybridized carbons (Fsp3) is 0.421. The van der Waals surface area contributed by atoms with E-state index in [4.69, 9.17) is 10.5 Å². The lowest BCUT2D eigenvalue weighted by molar-refractivity contribution is -0.139. The molecule has 2 rings (SSSR count). The average molecular weight is 352 g/mol. The van der Waals surface area contributed by atoms with Crippen LogP contribution >= 0.6 is 0 Å². The third-order valence-electron chi connectivity index (χ3n) is 3.80. The van der Waals surface area contributed by atoms with Crippen molar-refractivity contribution < 1.29 is 17.9 Å². The first-order chi connectivity index (χ1) is 11.7. The van der Waals surface area contributed by atoms with Gasteiger partial charge >= 0.3 is 6.18 Å². The van der Waals surface area contributed by atoms with Gasteiger partial charge in [-0.1, -0.05) is 26.8 Å². The minimum Gasteiger partial charge on any atom is -0.493 e. The molecule has 1 unspecified atom stereocenters. The minimum absolute atomic E-state index is 0.145. The van der Waals surface area contributed by atoms with E-state index in [1.54, 1.807) is 18.2 Å². The first-order valence-electron chi connectivity index (χ1n) is 8.22. The third kappa shape index (κ3) is 5.37. The molecule has 0 fully saturated rings. The van der Waals surface area contributed by atoms with Gasteiger partial charge in [-0.05, 0) is 53.6 Å². The monoisotopic (exact) mass is 352 g/mol. The van der Waals surface area contributed by atoms with Crippen LogP contribution in [0.5, 0.6) is 5.75 Å². The molecule has 0 bridgehead atoms. The average Bonchev–Trinajstić information content (AvgIpc) is 2.51. The molecule has 0 aliphatic rings. The number of pyridine rings is 1. The summed E-state index contributed by atoms with van der Waals surface area (Å²) in [6.45, 7) is 6.38. The highest BCUT2D eigenvalue weighted by molar-refractivity contribution is 5.67. The number of halogens is 3. The van der Waals surface area contributed by atoms with Crippen molar-refractivity contribution in [2.45, 2.75) is 33.4 Å². The van der Waals surface area contributed by atoms with E-state index < -0.39 is 11.7 Å². The first-order valence-corrected chi connectivity index (χ1v) is 8.22. The molecule has 0 saturated heterocycles. The number of nitrogens with two attached hydrogens (primary N) is 1. The van der Waals surface area contributed by atoms with Gasteiger partial charge < -0.3 is 10.5 Å². The van der Waals surface area contributed by atoms with E-state index in [0.717, 1.165) is 12.5 Å². The highest BCUT2D eigenvalue weighted by Gasteiger charge is 2.35. The first kappa shape index (κ1) is 19.1. The summed E-state index contributed by atoms with van der Waals surface area (Å²) in [6.07, 6.45) is -2.13. The molecule has 136 valence electrons. The molecule has 25 heavy (non-hydrogen) atoms. The van der Waals surface area contributed by atoms with Gasteiger partial charge in [-0.2, -0.15) is 13.2 Å². The van der Waals surface area contributed by atoms with Crippen molar-refractivity contribution >= 4 is 5.82 Å². The maximum atomic E-state index is 13.4. The number of alkyl halides is 3. The Morgan fingerprint density at radius 3 is 2.36 bits per heavy atom. The molecule has 0 aliphatic heterocycles. The Morgan fingerprint density at radius 1 is 1.08 bits per heavy atom. The predicted molar refractivity (Wildman–Crippen MR) is 93.2 cm³/mol. The lowest BCUT2D eigenvalue weighted by Crippen LogP contribution is -2.14. The zero-order valence-electron chi connectivity index (χ0n) is 14.6. The second kappa shape index (κ2) is 7.76. The highest BCUT2D eigenvalue weighted by atomic mass is 19.4. The standard InChI is InChI=1S/C19H23F3N2O/c1-12(2)8-13(3)11-25-17-5-4-14(9-16(17)19(20,21)22)15-6-7-24-18(23)10-15/h4-7,9-10,12-13H,8,11H2,1-3H3,(H2,23,24). The summed E-state index contributed by atoms with van der Waals surface area (Å²) in [5.41, 5.74) is 5.83. The molecule has 0 saturated carbocycles. The Hall–Kier alpha value is -2.24. The SMILES string of the molecule is CC(C)CC(C)COc1ccc(-c2ccnc(N)c2)cc1C(F)(F)F. The summed E-state index contributed by atoms with van der Waals surface area (Å²) in [4.78, 5) is 3.86. The van der Waals surface area contributed by atoms with E-state index in [0.29, 0.717) is 17.0 Å². The smallest absolute Gasteiger partial charge is 0.419 e. The van der Waals surface area contributed by atoms with Gasteiger partial charge in [0, 0.05) is 6.20 Å². The number of hydrogen-bond donors (Lipinski definition) is 1. The molecule has 2 aromatic rings. The largest absolute Gasteiger partial charge is 0.493 e. The van der Waals surface area contributed by atoms with E-state index in [1.807, 2.05) is 6.92 Å². The molecule has 0 spiro atoms. The second-order valence-corrected chi connectivity index (χ2v) is 6.72. The van der Waals surface area contributed by atoms with E-state index in [-0.39, 0.29) is 24.1 Å². The summed E-state index contributed by atoms with van der Waals surface area (Å²) in [5.74, 6) is 0.767. The van der Waals surface area contributed by atoms with Gasteiger partial charge in [0.15, 0.2) is 0 Å². The lowest BCUT2D eigenvalue weighted by atomic mass is 9.99. The number of rotatable bonds is 6. The Bertz CT molecular complexity index is 714. The van der Waals surface area contributed by atoms with Crippen molar-refractivity contribution in [3.8, 4) is 16.9 Å². The van der Waals surface area contributed by atoms with Crippen LogP contribution in [0.25, 0.3) is 11.1 Å². The van der Waals surface area contributed by atoms with Crippen LogP contribution in [-0.4, -0.2) is 11.6 Å². The van der Waals surface area contributed by atoms with Crippen LogP contribution in [0.4, 0.5) is 19.0 Å². The molecular weight excluding hydrogens is 329 g/mol. The number of aromatic nitrogens is 1. The van der Waals surface area contributed by atoms with Gasteiger partial charge in [-0.25, -0.2) is 4.98 Å². The highest BCUT2D eigenvalue weighted by Crippen LogP contribution is 2.39. The maximum Gasteiger partial charge on any atom is 0.419 e. The normalized spacial score (nSPS) is 13.1. The van der Waals surface area contributed by atoms with Crippen molar-refractivity contribution in [2.24, 2.45) is 11.8 Å². The summed E-state index contributed by atoms with van der Waals surface area (Å²) < 4.78 is 45.8. The van der Waals surface area contributed by atoms with E-state index in [9.17, 15) is 13.2 Å². The van der Waals surface area contributed by atoms with Crippen molar-refractivity contribution in [3.63, 3.8) is 0 Å². The van der Waals surface area contributed by atoms with Crippen LogP contribution in [0.3, 0.4) is 0 Å². The second-order valence-electron chi connectivity index (χ2n) is 6.72. The zero-order chi connectivity index (χ0) is 18.6. The third-order valence-corrected chi connectivity index (χ3v) is 3.80. The summed E-state index contributed by atoms with van der Waals surface area (Å²) in [5, 5.41) is 0. The molecule has 1 heterocycles. The Morgan fingerprint density at radius 2 is 1.76 bits per heavy atom. The summed E-state index contributed by atoms with van der Waals surface area (Å²) in [7, 11) is 0. The van der Waals surface area contributed by atoms with E-state index >= 15 is 0 Å². The molecule has 1 aromatic carbocycles. The minimum atomic E-state index is -4.49. The molecule has 1 aromatic heterocycles. The number of nitrogen functional groups attached to an aromatic ring is 1. The van der Waals surface area contributed by atoms with Crippen LogP contribution < -0.4 is 10.5 Å². The van der Waals surface area contributed by atoms with Gasteiger partial charge in [0.25, 0.3) is 0 Å². The van der Waals surface area contributed by atoms with Crippen LogP contribution in [0.15, 0.2) is 36.5 Å². The molecule has 0 radical (unpaired) electrons. The number of anilines is 1. The van der Waals surface area contributed by atoms with Gasteiger partial charge in [0.2, 0.25) is 0 Å². The fourth-order valence-corrected chi connectivity index (χ4v) is 2.79. The van der Waals surface area contributed by atoms with Crippen molar-refractivity contribution in [1.82, 2.24) is 4.98 Å². The zero-order valence-corrected chi connectivity index (χ0v) is 14.6. The number of benzene rings is 1. The van der Waals surface area contributed by atoms with Crippen molar-refractivity contribution in [1.29, 1.82) is 0 Å². The van der Waals surface area contributed by atoms with E-state index in [2.05, 4.69) is 18.8 Å². The number of hydrogen-bond acceptors (Lipinski definition) is 3. The quantitative estimate of drug-likeness (QED) is 0.756. The molecule has 1 atom stereocenters. The van der Waals surface area contributed by atoms with Crippen molar-refractivity contribution in [3.05, 3.63) is 42.1 Å². The van der Waals surface area contributed by atoms with Crippen molar-refractivity contribution in [2.75, 3.05) is 12.3 Å². The molecule has 6 heteroatoms. The fourth-order valence-electron chi connectivity index (χ4n) is 2.79. The number of ether oxygens (including phenoxy) is 1. The van der Waals surface area contributed by atoms with Gasteiger partial charge in [0.05, 0.1) is 12.2 Å². The summed E-state index contributed by atoms with van der Waals surface area (Å²) in [6, 6.07) is 7.23. The lowest BCUT2D eigenvalue weighted by Gasteiger charge is -2.19. The predicted octanol–water partition coefficient (Wildman–Crippen LogP) is 5.41. The number of nitrogens with zero attached hydrogens (tertiary/aromatic N) is 1. The topological polar surface area (TPSA) is 48.1 Å². The van der Waals surface area contributed by atoms with Crippen LogP contribution in [0.1, 0.15) is 32.8 Å². The Labute approximate surface area is 146 Å². The Balaban J connectivity index is 2.29. The van der Waals surface area contributed by atoms with Gasteiger partial charge in [-0.3, -0.25) is 0 Å². The van der Waals surface area contributed by atoms with Gasteiger partial charge in [0.1, 0.15) is 11.6 Å². The summed E-state index contributed by atoms with van der Waals surface area (Å²) >= 11 is 0. The molecule has 2 N–H and O–H groups in total. The van der Waals surface area contributed by atoms with Crippen LogP contribution in [-0.2, 0) is 6.18 Å². The molecular formula is C19H23F3N2O. The Kier molecular flexibility index (Phi) is 5.93. The van der Waals surface area contributed by atoms with E-state index in [1.165, 1.54) is 12.3 Å².